The molecule has 2 aliphatic heterocycles. The van der Waals surface area contributed by atoms with Crippen molar-refractivity contribution in [2.45, 2.75) is 31.5 Å². The number of fused-ring (bicyclic) bond motifs is 1. The highest BCUT2D eigenvalue weighted by Crippen LogP contribution is 2.51. The number of rotatable bonds is 2. The lowest BCUT2D eigenvalue weighted by molar-refractivity contribution is -0.0723. The fourth-order valence-electron chi connectivity index (χ4n) is 3.84. The van der Waals surface area contributed by atoms with Gasteiger partial charge in [-0.15, -0.1) is 0 Å². The molecule has 2 aliphatic rings. The van der Waals surface area contributed by atoms with E-state index in [-0.39, 0.29) is 28.0 Å². The Labute approximate surface area is 165 Å². The zero-order valence-corrected chi connectivity index (χ0v) is 15.8. The van der Waals surface area contributed by atoms with Crippen molar-refractivity contribution in [2.24, 2.45) is 0 Å². The highest BCUT2D eigenvalue weighted by atomic mass is 35.5. The number of hydrogen-bond donors (Lipinski definition) is 1. The predicted octanol–water partition coefficient (Wildman–Crippen LogP) is 5.12. The van der Waals surface area contributed by atoms with Crippen LogP contribution in [0.1, 0.15) is 36.8 Å². The smallest absolute Gasteiger partial charge is 0.407 e. The van der Waals surface area contributed by atoms with E-state index < -0.39 is 23.5 Å². The summed E-state index contributed by atoms with van der Waals surface area (Å²) in [5.74, 6) is -2.57. The second-order valence-corrected chi connectivity index (χ2v) is 7.55. The van der Waals surface area contributed by atoms with Crippen LogP contribution in [-0.4, -0.2) is 29.2 Å². The summed E-state index contributed by atoms with van der Waals surface area (Å²) in [7, 11) is 0. The predicted molar refractivity (Wildman–Crippen MR) is 98.0 cm³/mol. The highest BCUT2D eigenvalue weighted by Gasteiger charge is 2.44. The molecule has 1 saturated heterocycles. The summed E-state index contributed by atoms with van der Waals surface area (Å²) in [6, 6.07) is 7.04. The summed E-state index contributed by atoms with van der Waals surface area (Å²) in [6.45, 7) is 2.29. The molecule has 1 fully saturated rings. The third kappa shape index (κ3) is 3.13. The molecule has 2 heterocycles. The van der Waals surface area contributed by atoms with Crippen LogP contribution in [-0.2, 0) is 5.79 Å². The van der Waals surface area contributed by atoms with Crippen molar-refractivity contribution in [3.63, 3.8) is 0 Å². The fraction of sp³-hybridized carbons (Fsp3) is 0.350. The van der Waals surface area contributed by atoms with Crippen LogP contribution in [0.4, 0.5) is 13.6 Å². The van der Waals surface area contributed by atoms with Gasteiger partial charge in [-0.25, -0.2) is 13.6 Å². The number of benzene rings is 2. The molecule has 2 aromatic carbocycles. The number of nitrogens with zero attached hydrogens (tertiary/aromatic N) is 1. The van der Waals surface area contributed by atoms with Crippen molar-refractivity contribution < 1.29 is 28.2 Å². The Morgan fingerprint density at radius 1 is 1.14 bits per heavy atom. The van der Waals surface area contributed by atoms with Crippen LogP contribution >= 0.6 is 11.6 Å². The summed E-state index contributed by atoms with van der Waals surface area (Å²) in [5, 5.41) is 9.35. The van der Waals surface area contributed by atoms with E-state index >= 15 is 0 Å². The van der Waals surface area contributed by atoms with Crippen LogP contribution in [0, 0.1) is 11.6 Å². The molecule has 1 atom stereocenters. The van der Waals surface area contributed by atoms with Crippen LogP contribution < -0.4 is 9.47 Å². The molecule has 1 amide bonds. The van der Waals surface area contributed by atoms with Crippen LogP contribution in [0.5, 0.6) is 11.5 Å². The van der Waals surface area contributed by atoms with Gasteiger partial charge in [0.05, 0.1) is 5.56 Å². The Bertz CT molecular complexity index is 946. The van der Waals surface area contributed by atoms with Crippen LogP contribution in [0.25, 0.3) is 0 Å². The van der Waals surface area contributed by atoms with E-state index in [1.165, 1.54) is 30.0 Å². The first-order chi connectivity index (χ1) is 13.3. The minimum atomic E-state index is -1.53. The van der Waals surface area contributed by atoms with E-state index in [0.717, 1.165) is 11.6 Å². The first-order valence-electron chi connectivity index (χ1n) is 8.92. The van der Waals surface area contributed by atoms with Gasteiger partial charge in [0.2, 0.25) is 5.75 Å². The van der Waals surface area contributed by atoms with Gasteiger partial charge in [-0.2, -0.15) is 0 Å². The van der Waals surface area contributed by atoms with Gasteiger partial charge < -0.3 is 19.5 Å². The molecule has 1 unspecified atom stereocenters. The van der Waals surface area contributed by atoms with Crippen molar-refractivity contribution in [1.82, 2.24) is 4.90 Å². The van der Waals surface area contributed by atoms with Gasteiger partial charge in [-0.1, -0.05) is 17.7 Å². The molecule has 0 spiro atoms. The number of carboxylic acid groups (broad SMARTS) is 1. The van der Waals surface area contributed by atoms with Gasteiger partial charge >= 0.3 is 6.09 Å². The quantitative estimate of drug-likeness (QED) is 0.748. The number of hydrogen-bond acceptors (Lipinski definition) is 3. The van der Waals surface area contributed by atoms with E-state index in [0.29, 0.717) is 25.9 Å². The van der Waals surface area contributed by atoms with E-state index in [4.69, 9.17) is 26.2 Å². The lowest BCUT2D eigenvalue weighted by atomic mass is 9.88. The number of carbonyl (C=O) groups is 1. The standard InChI is InChI=1S/C20H18ClF2NO4/c1-20(14-4-2-12(21)10-16(14)23)27-17-13(3-5-15(22)18(17)28-20)11-6-8-24(9-7-11)19(25)26/h2-5,10-11H,6-9H2,1H3,(H,25,26). The molecule has 28 heavy (non-hydrogen) atoms. The molecule has 0 bridgehead atoms. The van der Waals surface area contributed by atoms with Crippen molar-refractivity contribution in [2.75, 3.05) is 13.1 Å². The SMILES string of the molecule is CC1(c2ccc(Cl)cc2F)Oc2c(F)ccc(C3CCN(C(=O)O)CC3)c2O1. The van der Waals surface area contributed by atoms with Gasteiger partial charge in [0.1, 0.15) is 5.82 Å². The zero-order valence-electron chi connectivity index (χ0n) is 15.0. The molecule has 1 N–H and O–H groups in total. The number of piperidine rings is 1. The van der Waals surface area contributed by atoms with Crippen molar-refractivity contribution in [3.8, 4) is 11.5 Å². The Balaban J connectivity index is 1.66. The fourth-order valence-corrected chi connectivity index (χ4v) is 3.99. The van der Waals surface area contributed by atoms with Crippen LogP contribution in [0.15, 0.2) is 30.3 Å². The van der Waals surface area contributed by atoms with Gasteiger partial charge in [0, 0.05) is 30.6 Å². The minimum Gasteiger partial charge on any atom is -0.465 e. The molecule has 4 rings (SSSR count). The maximum absolute atomic E-state index is 14.4. The average Bonchev–Trinajstić information content (AvgIpc) is 3.01. The minimum absolute atomic E-state index is 0.00837. The van der Waals surface area contributed by atoms with Crippen molar-refractivity contribution in [1.29, 1.82) is 0 Å². The third-order valence-corrected chi connectivity index (χ3v) is 5.55. The lowest BCUT2D eigenvalue weighted by Gasteiger charge is -2.31. The van der Waals surface area contributed by atoms with Gasteiger partial charge in [0.25, 0.3) is 5.79 Å². The molecule has 5 nitrogen and oxygen atoms in total. The second kappa shape index (κ2) is 6.81. The lowest BCUT2D eigenvalue weighted by Crippen LogP contribution is -2.37. The molecular weight excluding hydrogens is 392 g/mol. The summed E-state index contributed by atoms with van der Waals surface area (Å²) in [4.78, 5) is 12.5. The number of amides is 1. The molecule has 2 aromatic rings. The topological polar surface area (TPSA) is 59.0 Å². The average molecular weight is 410 g/mol. The largest absolute Gasteiger partial charge is 0.465 e. The monoisotopic (exact) mass is 409 g/mol. The Hall–Kier alpha value is -2.54. The molecule has 148 valence electrons. The molecule has 0 aliphatic carbocycles. The maximum Gasteiger partial charge on any atom is 0.407 e. The Kier molecular flexibility index (Phi) is 4.57. The number of halogens is 3. The molecule has 0 saturated carbocycles. The summed E-state index contributed by atoms with van der Waals surface area (Å²) in [5.41, 5.74) is 0.846. The zero-order chi connectivity index (χ0) is 20.1. The summed E-state index contributed by atoms with van der Waals surface area (Å²) < 4.78 is 40.6. The molecule has 8 heteroatoms. The molecule has 0 radical (unpaired) electrons. The van der Waals surface area contributed by atoms with Gasteiger partial charge in [-0.3, -0.25) is 0 Å². The Morgan fingerprint density at radius 2 is 1.82 bits per heavy atom. The maximum atomic E-state index is 14.4. The van der Waals surface area contributed by atoms with Crippen LogP contribution in [0.2, 0.25) is 5.02 Å². The summed E-state index contributed by atoms with van der Waals surface area (Å²) >= 11 is 5.82. The van der Waals surface area contributed by atoms with Gasteiger partial charge in [0.15, 0.2) is 11.6 Å². The van der Waals surface area contributed by atoms with E-state index in [1.54, 1.807) is 6.07 Å². The number of likely N-dealkylation sites (tertiary alicyclic amines) is 1. The van der Waals surface area contributed by atoms with Crippen molar-refractivity contribution in [3.05, 3.63) is 58.1 Å². The first kappa shape index (κ1) is 18.8. The van der Waals surface area contributed by atoms with Gasteiger partial charge in [-0.05, 0) is 43.0 Å². The highest BCUT2D eigenvalue weighted by molar-refractivity contribution is 6.30. The third-order valence-electron chi connectivity index (χ3n) is 5.31. The Morgan fingerprint density at radius 3 is 2.46 bits per heavy atom. The second-order valence-electron chi connectivity index (χ2n) is 7.11. The normalized spacial score (nSPS) is 21.8. The van der Waals surface area contributed by atoms with E-state index in [1.807, 2.05) is 0 Å². The molecule has 0 aromatic heterocycles. The van der Waals surface area contributed by atoms with E-state index in [9.17, 15) is 13.6 Å². The summed E-state index contributed by atoms with van der Waals surface area (Å²) in [6.07, 6.45) is 0.215. The number of ether oxygens (including phenoxy) is 2. The van der Waals surface area contributed by atoms with Crippen LogP contribution in [0.3, 0.4) is 0 Å². The molecular formula is C20H18ClF2NO4. The van der Waals surface area contributed by atoms with Crippen molar-refractivity contribution >= 4 is 17.7 Å². The van der Waals surface area contributed by atoms with E-state index in [2.05, 4.69) is 0 Å². The first-order valence-corrected chi connectivity index (χ1v) is 9.30.